The first-order valence-electron chi connectivity index (χ1n) is 8.88. The SMILES string of the molecule is CS(=O)(=O)Nc1cccc(Nc2nc(NC3CCCC3O)c3nc[nH]c3n2)c1. The molecule has 0 saturated heterocycles. The van der Waals surface area contributed by atoms with Crippen molar-refractivity contribution in [3.8, 4) is 0 Å². The number of sulfonamides is 1. The topological polar surface area (TPSA) is 145 Å². The highest BCUT2D eigenvalue weighted by Crippen LogP contribution is 2.27. The van der Waals surface area contributed by atoms with Gasteiger partial charge in [-0.3, -0.25) is 4.72 Å². The van der Waals surface area contributed by atoms with Gasteiger partial charge in [0.1, 0.15) is 5.52 Å². The summed E-state index contributed by atoms with van der Waals surface area (Å²) in [6.07, 6.45) is 4.79. The van der Waals surface area contributed by atoms with Gasteiger partial charge in [-0.2, -0.15) is 9.97 Å². The van der Waals surface area contributed by atoms with Gasteiger partial charge in [0.2, 0.25) is 16.0 Å². The molecule has 0 spiro atoms. The van der Waals surface area contributed by atoms with E-state index in [1.807, 2.05) is 0 Å². The number of anilines is 4. The maximum Gasteiger partial charge on any atom is 0.231 e. The van der Waals surface area contributed by atoms with Crippen LogP contribution < -0.4 is 15.4 Å². The van der Waals surface area contributed by atoms with Crippen molar-refractivity contribution < 1.29 is 13.5 Å². The van der Waals surface area contributed by atoms with Crippen LogP contribution in [0.25, 0.3) is 11.2 Å². The molecule has 0 amide bonds. The summed E-state index contributed by atoms with van der Waals surface area (Å²) in [5.74, 6) is 0.855. The zero-order valence-electron chi connectivity index (χ0n) is 15.2. The van der Waals surface area contributed by atoms with Gasteiger partial charge in [-0.1, -0.05) is 6.07 Å². The highest BCUT2D eigenvalue weighted by atomic mass is 32.2. The molecular weight excluding hydrogens is 382 g/mol. The van der Waals surface area contributed by atoms with E-state index >= 15 is 0 Å². The summed E-state index contributed by atoms with van der Waals surface area (Å²) >= 11 is 0. The number of aliphatic hydroxyl groups is 1. The first-order valence-corrected chi connectivity index (χ1v) is 10.8. The zero-order valence-corrected chi connectivity index (χ0v) is 16.0. The summed E-state index contributed by atoms with van der Waals surface area (Å²) in [6.45, 7) is 0. The Bertz CT molecular complexity index is 1100. The Morgan fingerprint density at radius 1 is 1.21 bits per heavy atom. The number of nitrogens with zero attached hydrogens (tertiary/aromatic N) is 3. The minimum Gasteiger partial charge on any atom is -0.391 e. The number of aromatic nitrogens is 4. The molecule has 2 unspecified atom stereocenters. The number of hydrogen-bond acceptors (Lipinski definition) is 8. The Kier molecular flexibility index (Phi) is 4.77. The number of fused-ring (bicyclic) bond motifs is 1. The lowest BCUT2D eigenvalue weighted by molar-refractivity contribution is 0.171. The molecule has 0 aliphatic heterocycles. The fourth-order valence-corrected chi connectivity index (χ4v) is 3.84. The second kappa shape index (κ2) is 7.24. The van der Waals surface area contributed by atoms with E-state index in [4.69, 9.17) is 0 Å². The van der Waals surface area contributed by atoms with Gasteiger partial charge in [0, 0.05) is 5.69 Å². The molecular formula is C17H21N7O3S. The van der Waals surface area contributed by atoms with Gasteiger partial charge in [0.25, 0.3) is 0 Å². The van der Waals surface area contributed by atoms with Crippen molar-refractivity contribution in [2.45, 2.75) is 31.4 Å². The minimum atomic E-state index is -3.37. The number of aromatic amines is 1. The molecule has 28 heavy (non-hydrogen) atoms. The molecule has 2 heterocycles. The van der Waals surface area contributed by atoms with Gasteiger partial charge in [-0.05, 0) is 37.5 Å². The van der Waals surface area contributed by atoms with Gasteiger partial charge in [0.15, 0.2) is 11.5 Å². The van der Waals surface area contributed by atoms with Crippen LogP contribution in [-0.4, -0.2) is 51.9 Å². The number of aliphatic hydroxyl groups excluding tert-OH is 1. The molecule has 1 fully saturated rings. The van der Waals surface area contributed by atoms with E-state index in [0.717, 1.165) is 25.5 Å². The van der Waals surface area contributed by atoms with Crippen molar-refractivity contribution in [2.24, 2.45) is 0 Å². The predicted octanol–water partition coefficient (Wildman–Crippen LogP) is 1.79. The average Bonchev–Trinajstić information content (AvgIpc) is 3.23. The van der Waals surface area contributed by atoms with Crippen molar-refractivity contribution in [3.63, 3.8) is 0 Å². The molecule has 1 aliphatic rings. The number of rotatable bonds is 6. The Morgan fingerprint density at radius 3 is 2.79 bits per heavy atom. The highest BCUT2D eigenvalue weighted by Gasteiger charge is 2.26. The lowest BCUT2D eigenvalue weighted by Gasteiger charge is -2.17. The van der Waals surface area contributed by atoms with Gasteiger partial charge in [-0.25, -0.2) is 13.4 Å². The number of imidazole rings is 1. The second-order valence-electron chi connectivity index (χ2n) is 6.82. The van der Waals surface area contributed by atoms with Crippen LogP contribution >= 0.6 is 0 Å². The van der Waals surface area contributed by atoms with E-state index in [2.05, 4.69) is 35.3 Å². The number of nitrogens with one attached hydrogen (secondary N) is 4. The molecule has 4 rings (SSSR count). The summed E-state index contributed by atoms with van der Waals surface area (Å²) < 4.78 is 25.3. The summed E-state index contributed by atoms with van der Waals surface area (Å²) in [6, 6.07) is 6.72. The summed E-state index contributed by atoms with van der Waals surface area (Å²) in [7, 11) is -3.37. The van der Waals surface area contributed by atoms with Gasteiger partial charge in [0.05, 0.1) is 30.4 Å². The molecule has 148 valence electrons. The lowest BCUT2D eigenvalue weighted by Crippen LogP contribution is -2.28. The fraction of sp³-hybridized carbons (Fsp3) is 0.353. The summed E-state index contributed by atoms with van der Waals surface area (Å²) in [4.78, 5) is 16.1. The highest BCUT2D eigenvalue weighted by molar-refractivity contribution is 7.92. The van der Waals surface area contributed by atoms with E-state index in [9.17, 15) is 13.5 Å². The van der Waals surface area contributed by atoms with Crippen molar-refractivity contribution in [3.05, 3.63) is 30.6 Å². The second-order valence-corrected chi connectivity index (χ2v) is 8.57. The maximum absolute atomic E-state index is 11.4. The van der Waals surface area contributed by atoms with Gasteiger partial charge < -0.3 is 20.7 Å². The Morgan fingerprint density at radius 2 is 2.04 bits per heavy atom. The third kappa shape index (κ3) is 4.15. The van der Waals surface area contributed by atoms with Crippen LogP contribution in [0.2, 0.25) is 0 Å². The third-order valence-electron chi connectivity index (χ3n) is 4.50. The van der Waals surface area contributed by atoms with E-state index in [0.29, 0.717) is 34.3 Å². The first-order chi connectivity index (χ1) is 13.4. The van der Waals surface area contributed by atoms with Crippen LogP contribution in [0.15, 0.2) is 30.6 Å². The van der Waals surface area contributed by atoms with Gasteiger partial charge in [-0.15, -0.1) is 0 Å². The van der Waals surface area contributed by atoms with Crippen LogP contribution in [0.3, 0.4) is 0 Å². The predicted molar refractivity (Wildman–Crippen MR) is 107 cm³/mol. The van der Waals surface area contributed by atoms with E-state index < -0.39 is 16.1 Å². The number of hydrogen-bond donors (Lipinski definition) is 5. The Labute approximate surface area is 161 Å². The summed E-state index contributed by atoms with van der Waals surface area (Å²) in [5, 5.41) is 16.4. The molecule has 5 N–H and O–H groups in total. The monoisotopic (exact) mass is 403 g/mol. The Balaban J connectivity index is 1.61. The van der Waals surface area contributed by atoms with Crippen LogP contribution in [0.1, 0.15) is 19.3 Å². The molecule has 1 aliphatic carbocycles. The summed E-state index contributed by atoms with van der Waals surface area (Å²) in [5.41, 5.74) is 2.21. The average molecular weight is 403 g/mol. The van der Waals surface area contributed by atoms with E-state index in [1.54, 1.807) is 24.3 Å². The van der Waals surface area contributed by atoms with Crippen LogP contribution in [0.5, 0.6) is 0 Å². The van der Waals surface area contributed by atoms with Crippen molar-refractivity contribution >= 4 is 44.3 Å². The van der Waals surface area contributed by atoms with Crippen LogP contribution in [0, 0.1) is 0 Å². The fourth-order valence-electron chi connectivity index (χ4n) is 3.28. The standard InChI is InChI=1S/C17H21N7O3S/c1-28(26,27)24-11-5-2-4-10(8-11)20-17-22-15-14(18-9-19-15)16(23-17)21-12-6-3-7-13(12)25/h2,4-5,8-9,12-13,24-25H,3,6-7H2,1H3,(H3,18,19,20,21,22,23). The van der Waals surface area contributed by atoms with E-state index in [1.165, 1.54) is 6.33 Å². The van der Waals surface area contributed by atoms with Gasteiger partial charge >= 0.3 is 0 Å². The first kappa shape index (κ1) is 18.4. The maximum atomic E-state index is 11.4. The molecule has 1 aromatic carbocycles. The molecule has 2 atom stereocenters. The normalized spacial score (nSPS) is 19.6. The molecule has 0 radical (unpaired) electrons. The molecule has 3 aromatic rings. The van der Waals surface area contributed by atoms with Crippen molar-refractivity contribution in [1.29, 1.82) is 0 Å². The van der Waals surface area contributed by atoms with Crippen LogP contribution in [0.4, 0.5) is 23.1 Å². The third-order valence-corrected chi connectivity index (χ3v) is 5.11. The molecule has 0 bridgehead atoms. The smallest absolute Gasteiger partial charge is 0.231 e. The van der Waals surface area contributed by atoms with Crippen molar-refractivity contribution in [1.82, 2.24) is 19.9 Å². The molecule has 10 nitrogen and oxygen atoms in total. The molecule has 1 saturated carbocycles. The van der Waals surface area contributed by atoms with Crippen LogP contribution in [-0.2, 0) is 10.0 Å². The zero-order chi connectivity index (χ0) is 19.7. The van der Waals surface area contributed by atoms with Crippen molar-refractivity contribution in [2.75, 3.05) is 21.6 Å². The molecule has 11 heteroatoms. The largest absolute Gasteiger partial charge is 0.391 e. The quantitative estimate of drug-likeness (QED) is 0.419. The number of benzene rings is 1. The van der Waals surface area contributed by atoms with E-state index in [-0.39, 0.29) is 6.04 Å². The lowest BCUT2D eigenvalue weighted by atomic mass is 10.2. The minimum absolute atomic E-state index is 0.0788. The molecule has 2 aromatic heterocycles. The number of H-pyrrole nitrogens is 1. The Hall–Kier alpha value is -2.92.